The van der Waals surface area contributed by atoms with Crippen molar-refractivity contribution < 1.29 is 9.50 Å². The van der Waals surface area contributed by atoms with Gasteiger partial charge in [-0.05, 0) is 64.8 Å². The highest BCUT2D eigenvalue weighted by Gasteiger charge is 2.10. The molecule has 0 spiro atoms. The second-order valence-electron chi connectivity index (χ2n) is 4.42. The van der Waals surface area contributed by atoms with Crippen molar-refractivity contribution in [2.45, 2.75) is 13.0 Å². The van der Waals surface area contributed by atoms with E-state index in [1.54, 1.807) is 19.1 Å². The fraction of sp³-hybridized carbons (Fsp3) is 0.200. The minimum Gasteiger partial charge on any atom is -0.389 e. The molecule has 4 heteroatoms. The summed E-state index contributed by atoms with van der Waals surface area (Å²) in [5.41, 5.74) is 2.70. The first kappa shape index (κ1) is 14.0. The molecule has 1 N–H and O–H groups in total. The average molecular weight is 324 g/mol. The maximum absolute atomic E-state index is 12.9. The summed E-state index contributed by atoms with van der Waals surface area (Å²) in [4.78, 5) is 1.95. The van der Waals surface area contributed by atoms with Crippen molar-refractivity contribution in [2.75, 3.05) is 11.9 Å². The first-order chi connectivity index (χ1) is 8.99. The molecule has 2 aromatic carbocycles. The van der Waals surface area contributed by atoms with Gasteiger partial charge in [0.2, 0.25) is 0 Å². The van der Waals surface area contributed by atoms with Crippen LogP contribution >= 0.6 is 15.9 Å². The van der Waals surface area contributed by atoms with Crippen LogP contribution in [0.1, 0.15) is 18.6 Å². The Balaban J connectivity index is 2.33. The second kappa shape index (κ2) is 5.72. The van der Waals surface area contributed by atoms with Crippen molar-refractivity contribution in [3.63, 3.8) is 0 Å². The van der Waals surface area contributed by atoms with E-state index in [9.17, 15) is 9.50 Å². The highest BCUT2D eigenvalue weighted by molar-refractivity contribution is 9.10. The molecule has 2 aromatic rings. The van der Waals surface area contributed by atoms with Crippen LogP contribution in [0.2, 0.25) is 0 Å². The normalized spacial score (nSPS) is 12.3. The van der Waals surface area contributed by atoms with Gasteiger partial charge in [0.05, 0.1) is 11.8 Å². The lowest BCUT2D eigenvalue weighted by Crippen LogP contribution is -2.10. The van der Waals surface area contributed by atoms with Gasteiger partial charge in [-0.15, -0.1) is 0 Å². The maximum Gasteiger partial charge on any atom is 0.123 e. The molecule has 0 aliphatic rings. The molecule has 0 unspecified atom stereocenters. The Bertz CT molecular complexity index is 569. The third kappa shape index (κ3) is 3.14. The lowest BCUT2D eigenvalue weighted by Gasteiger charge is -2.21. The van der Waals surface area contributed by atoms with Gasteiger partial charge >= 0.3 is 0 Å². The van der Waals surface area contributed by atoms with Crippen LogP contribution in [0, 0.1) is 5.82 Å². The Labute approximate surface area is 120 Å². The number of hydrogen-bond acceptors (Lipinski definition) is 2. The summed E-state index contributed by atoms with van der Waals surface area (Å²) < 4.78 is 13.8. The summed E-state index contributed by atoms with van der Waals surface area (Å²) in [5, 5.41) is 9.55. The van der Waals surface area contributed by atoms with E-state index >= 15 is 0 Å². The number of benzene rings is 2. The van der Waals surface area contributed by atoms with Crippen molar-refractivity contribution in [3.8, 4) is 0 Å². The van der Waals surface area contributed by atoms with Crippen LogP contribution in [0.15, 0.2) is 46.9 Å². The van der Waals surface area contributed by atoms with E-state index in [0.717, 1.165) is 21.4 Å². The zero-order valence-electron chi connectivity index (χ0n) is 10.8. The van der Waals surface area contributed by atoms with E-state index in [4.69, 9.17) is 0 Å². The van der Waals surface area contributed by atoms with Crippen LogP contribution < -0.4 is 4.90 Å². The van der Waals surface area contributed by atoms with Gasteiger partial charge in [0.1, 0.15) is 5.82 Å². The van der Waals surface area contributed by atoms with Gasteiger partial charge in [-0.25, -0.2) is 4.39 Å². The molecule has 0 radical (unpaired) electrons. The molecule has 0 fully saturated rings. The maximum atomic E-state index is 12.9. The Morgan fingerprint density at radius 2 is 1.79 bits per heavy atom. The SMILES string of the molecule is C[C@H](O)c1ccc(N(C)c2ccc(F)cc2)c(Br)c1. The highest BCUT2D eigenvalue weighted by atomic mass is 79.9. The molecular weight excluding hydrogens is 309 g/mol. The fourth-order valence-electron chi connectivity index (χ4n) is 1.86. The summed E-state index contributed by atoms with van der Waals surface area (Å²) in [7, 11) is 1.91. The van der Waals surface area contributed by atoms with Gasteiger partial charge < -0.3 is 10.0 Å². The molecule has 0 heterocycles. The molecule has 0 aromatic heterocycles. The Kier molecular flexibility index (Phi) is 4.22. The quantitative estimate of drug-likeness (QED) is 0.904. The van der Waals surface area contributed by atoms with Gasteiger partial charge in [0, 0.05) is 17.2 Å². The topological polar surface area (TPSA) is 23.5 Å². The number of hydrogen-bond donors (Lipinski definition) is 1. The molecule has 0 bridgehead atoms. The number of aliphatic hydroxyl groups is 1. The third-order valence-electron chi connectivity index (χ3n) is 3.03. The van der Waals surface area contributed by atoms with Crippen LogP contribution in [-0.2, 0) is 0 Å². The molecule has 2 rings (SSSR count). The van der Waals surface area contributed by atoms with Gasteiger partial charge in [-0.2, -0.15) is 0 Å². The number of halogens is 2. The summed E-state index contributed by atoms with van der Waals surface area (Å²) in [6, 6.07) is 12.0. The lowest BCUT2D eigenvalue weighted by molar-refractivity contribution is 0.199. The van der Waals surface area contributed by atoms with Crippen molar-refractivity contribution in [3.05, 3.63) is 58.3 Å². The van der Waals surface area contributed by atoms with E-state index < -0.39 is 6.10 Å². The van der Waals surface area contributed by atoms with Crippen molar-refractivity contribution in [1.82, 2.24) is 0 Å². The number of rotatable bonds is 3. The monoisotopic (exact) mass is 323 g/mol. The minimum absolute atomic E-state index is 0.249. The van der Waals surface area contributed by atoms with Crippen LogP contribution in [0.4, 0.5) is 15.8 Å². The minimum atomic E-state index is -0.499. The molecule has 0 saturated carbocycles. The molecule has 0 aliphatic heterocycles. The smallest absolute Gasteiger partial charge is 0.123 e. The highest BCUT2D eigenvalue weighted by Crippen LogP contribution is 2.32. The Morgan fingerprint density at radius 3 is 2.32 bits per heavy atom. The van der Waals surface area contributed by atoms with Crippen LogP contribution in [0.5, 0.6) is 0 Å². The first-order valence-electron chi connectivity index (χ1n) is 5.96. The standard InChI is InChI=1S/C15H15BrFNO/c1-10(19)11-3-8-15(14(16)9-11)18(2)13-6-4-12(17)5-7-13/h3-10,19H,1-2H3/t10-/m0/s1. The molecule has 19 heavy (non-hydrogen) atoms. The summed E-state index contributed by atoms with van der Waals surface area (Å²) in [5.74, 6) is -0.249. The molecule has 0 aliphatic carbocycles. The van der Waals surface area contributed by atoms with Crippen molar-refractivity contribution in [2.24, 2.45) is 0 Å². The molecular formula is C15H15BrFNO. The predicted molar refractivity (Wildman–Crippen MR) is 79.2 cm³/mol. The molecule has 1 atom stereocenters. The largest absolute Gasteiger partial charge is 0.389 e. The molecule has 2 nitrogen and oxygen atoms in total. The zero-order valence-corrected chi connectivity index (χ0v) is 12.4. The lowest BCUT2D eigenvalue weighted by atomic mass is 10.1. The van der Waals surface area contributed by atoms with E-state index in [2.05, 4.69) is 15.9 Å². The molecule has 0 saturated heterocycles. The fourth-order valence-corrected chi connectivity index (χ4v) is 2.52. The Morgan fingerprint density at radius 1 is 1.16 bits per heavy atom. The van der Waals surface area contributed by atoms with E-state index in [1.165, 1.54) is 12.1 Å². The first-order valence-corrected chi connectivity index (χ1v) is 6.75. The summed E-state index contributed by atoms with van der Waals surface area (Å²) in [6.45, 7) is 1.73. The number of anilines is 2. The van der Waals surface area contributed by atoms with Crippen molar-refractivity contribution in [1.29, 1.82) is 0 Å². The van der Waals surface area contributed by atoms with Crippen molar-refractivity contribution >= 4 is 27.3 Å². The van der Waals surface area contributed by atoms with Crippen LogP contribution in [-0.4, -0.2) is 12.2 Å². The van der Waals surface area contributed by atoms with Crippen LogP contribution in [0.3, 0.4) is 0 Å². The number of nitrogens with zero attached hydrogens (tertiary/aromatic N) is 1. The van der Waals surface area contributed by atoms with Gasteiger partial charge in [-0.3, -0.25) is 0 Å². The Hall–Kier alpha value is -1.39. The van der Waals surface area contributed by atoms with Gasteiger partial charge in [0.25, 0.3) is 0 Å². The zero-order chi connectivity index (χ0) is 14.0. The molecule has 100 valence electrons. The summed E-state index contributed by atoms with van der Waals surface area (Å²) >= 11 is 3.50. The summed E-state index contributed by atoms with van der Waals surface area (Å²) in [6.07, 6.45) is -0.499. The predicted octanol–water partition coefficient (Wildman–Crippen LogP) is 4.41. The molecule has 0 amide bonds. The van der Waals surface area contributed by atoms with E-state index in [-0.39, 0.29) is 5.82 Å². The second-order valence-corrected chi connectivity index (χ2v) is 5.28. The van der Waals surface area contributed by atoms with Crippen LogP contribution in [0.25, 0.3) is 0 Å². The number of aliphatic hydroxyl groups excluding tert-OH is 1. The van der Waals surface area contributed by atoms with E-state index in [0.29, 0.717) is 0 Å². The van der Waals surface area contributed by atoms with E-state index in [1.807, 2.05) is 30.1 Å². The third-order valence-corrected chi connectivity index (χ3v) is 3.66. The van der Waals surface area contributed by atoms with Gasteiger partial charge in [0.15, 0.2) is 0 Å². The van der Waals surface area contributed by atoms with Gasteiger partial charge in [-0.1, -0.05) is 6.07 Å². The average Bonchev–Trinajstić information content (AvgIpc) is 2.38.